The summed E-state index contributed by atoms with van der Waals surface area (Å²) in [5, 5.41) is 3.53. The summed E-state index contributed by atoms with van der Waals surface area (Å²) in [5.74, 6) is 1.04. The molecule has 0 aromatic carbocycles. The van der Waals surface area contributed by atoms with Crippen molar-refractivity contribution in [2.45, 2.75) is 58.3 Å². The summed E-state index contributed by atoms with van der Waals surface area (Å²) in [4.78, 5) is 0. The van der Waals surface area contributed by atoms with Crippen LogP contribution in [0.1, 0.15) is 58.3 Å². The number of halogens is 1. The average molecular weight is 220 g/mol. The number of rotatable bonds is 6. The second-order valence-electron chi connectivity index (χ2n) is 4.40. The maximum Gasteiger partial charge on any atom is -0.00463 e. The monoisotopic (exact) mass is 219 g/mol. The molecule has 0 amide bonds. The van der Waals surface area contributed by atoms with Gasteiger partial charge >= 0.3 is 0 Å². The van der Waals surface area contributed by atoms with Gasteiger partial charge in [0.05, 0.1) is 0 Å². The van der Waals surface area contributed by atoms with E-state index in [4.69, 9.17) is 0 Å². The molecule has 0 aliphatic heterocycles. The van der Waals surface area contributed by atoms with E-state index in [1.165, 1.54) is 64.5 Å². The van der Waals surface area contributed by atoms with E-state index in [1.54, 1.807) is 0 Å². The quantitative estimate of drug-likeness (QED) is 0.671. The summed E-state index contributed by atoms with van der Waals surface area (Å²) in [5.41, 5.74) is 0. The van der Waals surface area contributed by atoms with Crippen molar-refractivity contribution in [2.24, 2.45) is 5.92 Å². The first-order valence-corrected chi connectivity index (χ1v) is 6.14. The van der Waals surface area contributed by atoms with Crippen LogP contribution >= 0.6 is 12.4 Å². The molecule has 0 heterocycles. The zero-order valence-corrected chi connectivity index (χ0v) is 10.4. The van der Waals surface area contributed by atoms with Gasteiger partial charge < -0.3 is 5.32 Å². The molecule has 1 fully saturated rings. The molecule has 14 heavy (non-hydrogen) atoms. The molecule has 0 radical (unpaired) electrons. The van der Waals surface area contributed by atoms with E-state index in [2.05, 4.69) is 12.2 Å². The van der Waals surface area contributed by atoms with Crippen molar-refractivity contribution >= 4 is 12.4 Å². The van der Waals surface area contributed by atoms with Crippen LogP contribution in [0.5, 0.6) is 0 Å². The van der Waals surface area contributed by atoms with Crippen LogP contribution < -0.4 is 5.32 Å². The highest BCUT2D eigenvalue weighted by Gasteiger charge is 2.11. The minimum atomic E-state index is 0. The van der Waals surface area contributed by atoms with E-state index >= 15 is 0 Å². The molecule has 0 bridgehead atoms. The lowest BCUT2D eigenvalue weighted by atomic mass is 9.87. The second kappa shape index (κ2) is 9.79. The number of unbranched alkanes of at least 4 members (excludes halogenated alkanes) is 1. The van der Waals surface area contributed by atoms with Crippen LogP contribution in [0.15, 0.2) is 0 Å². The van der Waals surface area contributed by atoms with Gasteiger partial charge in [0.15, 0.2) is 0 Å². The van der Waals surface area contributed by atoms with Crippen LogP contribution in [0.3, 0.4) is 0 Å². The molecule has 0 saturated heterocycles. The topological polar surface area (TPSA) is 12.0 Å². The molecule has 1 saturated carbocycles. The van der Waals surface area contributed by atoms with Gasteiger partial charge in [0.25, 0.3) is 0 Å². The molecule has 1 aliphatic rings. The molecule has 2 heteroatoms. The summed E-state index contributed by atoms with van der Waals surface area (Å²) in [6, 6.07) is 0. The fourth-order valence-corrected chi connectivity index (χ4v) is 2.21. The van der Waals surface area contributed by atoms with Gasteiger partial charge in [-0.3, -0.25) is 0 Å². The molecule has 1 N–H and O–H groups in total. The van der Waals surface area contributed by atoms with Gasteiger partial charge in [0.2, 0.25) is 0 Å². The molecule has 86 valence electrons. The standard InChI is InChI=1S/C12H25N.ClH/c1-2-3-10-13-11-9-12-7-5-4-6-8-12;/h12-13H,2-11H2,1H3;1H. The van der Waals surface area contributed by atoms with Crippen molar-refractivity contribution in [2.75, 3.05) is 13.1 Å². The Morgan fingerprint density at radius 1 is 1.07 bits per heavy atom. The fraction of sp³-hybridized carbons (Fsp3) is 1.00. The lowest BCUT2D eigenvalue weighted by Crippen LogP contribution is -2.20. The predicted molar refractivity (Wildman–Crippen MR) is 66.2 cm³/mol. The lowest BCUT2D eigenvalue weighted by molar-refractivity contribution is 0.334. The summed E-state index contributed by atoms with van der Waals surface area (Å²) in [7, 11) is 0. The Balaban J connectivity index is 0.00000169. The molecule has 0 unspecified atom stereocenters. The van der Waals surface area contributed by atoms with E-state index in [0.717, 1.165) is 5.92 Å². The highest BCUT2D eigenvalue weighted by molar-refractivity contribution is 5.85. The van der Waals surface area contributed by atoms with E-state index in [9.17, 15) is 0 Å². The van der Waals surface area contributed by atoms with Crippen LogP contribution in [0.2, 0.25) is 0 Å². The van der Waals surface area contributed by atoms with Gasteiger partial charge in [-0.25, -0.2) is 0 Å². The first-order chi connectivity index (χ1) is 6.43. The second-order valence-corrected chi connectivity index (χ2v) is 4.40. The number of hydrogen-bond acceptors (Lipinski definition) is 1. The molecule has 0 spiro atoms. The SMILES string of the molecule is CCCCNCCC1CCCCC1.Cl. The highest BCUT2D eigenvalue weighted by atomic mass is 35.5. The Hall–Kier alpha value is 0.250. The van der Waals surface area contributed by atoms with Gasteiger partial charge in [-0.2, -0.15) is 0 Å². The summed E-state index contributed by atoms with van der Waals surface area (Å²) >= 11 is 0. The first-order valence-electron chi connectivity index (χ1n) is 6.14. The molecule has 1 nitrogen and oxygen atoms in total. The van der Waals surface area contributed by atoms with Gasteiger partial charge in [-0.05, 0) is 31.8 Å². The fourth-order valence-electron chi connectivity index (χ4n) is 2.21. The van der Waals surface area contributed by atoms with Gasteiger partial charge in [-0.1, -0.05) is 45.4 Å². The highest BCUT2D eigenvalue weighted by Crippen LogP contribution is 2.25. The van der Waals surface area contributed by atoms with Gasteiger partial charge in [0, 0.05) is 0 Å². The van der Waals surface area contributed by atoms with Crippen molar-refractivity contribution < 1.29 is 0 Å². The minimum absolute atomic E-state index is 0. The Kier molecular flexibility index (Phi) is 9.97. The normalized spacial score (nSPS) is 17.8. The maximum atomic E-state index is 3.53. The molecule has 1 rings (SSSR count). The third-order valence-corrected chi connectivity index (χ3v) is 3.16. The molecule has 0 aromatic rings. The van der Waals surface area contributed by atoms with E-state index in [-0.39, 0.29) is 12.4 Å². The first kappa shape index (κ1) is 14.2. The largest absolute Gasteiger partial charge is 0.317 e. The van der Waals surface area contributed by atoms with Crippen LogP contribution in [-0.4, -0.2) is 13.1 Å². The smallest absolute Gasteiger partial charge is 0.00463 e. The summed E-state index contributed by atoms with van der Waals surface area (Å²) in [6.45, 7) is 4.73. The number of hydrogen-bond donors (Lipinski definition) is 1. The zero-order chi connectivity index (χ0) is 9.36. The van der Waals surface area contributed by atoms with Crippen molar-refractivity contribution in [3.05, 3.63) is 0 Å². The molecular weight excluding hydrogens is 194 g/mol. The number of nitrogens with one attached hydrogen (secondary N) is 1. The van der Waals surface area contributed by atoms with Crippen LogP contribution in [0.4, 0.5) is 0 Å². The third-order valence-electron chi connectivity index (χ3n) is 3.16. The zero-order valence-electron chi connectivity index (χ0n) is 9.56. The third kappa shape index (κ3) is 6.67. The van der Waals surface area contributed by atoms with Gasteiger partial charge in [-0.15, -0.1) is 12.4 Å². The average Bonchev–Trinajstić information content (AvgIpc) is 2.19. The van der Waals surface area contributed by atoms with Crippen molar-refractivity contribution in [3.8, 4) is 0 Å². The summed E-state index contributed by atoms with van der Waals surface area (Å²) < 4.78 is 0. The van der Waals surface area contributed by atoms with E-state index in [1.807, 2.05) is 0 Å². The lowest BCUT2D eigenvalue weighted by Gasteiger charge is -2.21. The van der Waals surface area contributed by atoms with Crippen molar-refractivity contribution in [1.82, 2.24) is 5.32 Å². The maximum absolute atomic E-state index is 3.53. The molecule has 0 atom stereocenters. The van der Waals surface area contributed by atoms with Crippen LogP contribution in [0, 0.1) is 5.92 Å². The van der Waals surface area contributed by atoms with Crippen LogP contribution in [-0.2, 0) is 0 Å². The van der Waals surface area contributed by atoms with Crippen molar-refractivity contribution in [1.29, 1.82) is 0 Å². The molecular formula is C12H26ClN. The summed E-state index contributed by atoms with van der Waals surface area (Å²) in [6.07, 6.45) is 11.5. The van der Waals surface area contributed by atoms with Crippen LogP contribution in [0.25, 0.3) is 0 Å². The van der Waals surface area contributed by atoms with E-state index < -0.39 is 0 Å². The Labute approximate surface area is 95.5 Å². The minimum Gasteiger partial charge on any atom is -0.317 e. The molecule has 0 aromatic heterocycles. The molecule has 1 aliphatic carbocycles. The van der Waals surface area contributed by atoms with Crippen molar-refractivity contribution in [3.63, 3.8) is 0 Å². The van der Waals surface area contributed by atoms with E-state index in [0.29, 0.717) is 0 Å². The van der Waals surface area contributed by atoms with Gasteiger partial charge in [0.1, 0.15) is 0 Å². The Morgan fingerprint density at radius 3 is 2.43 bits per heavy atom. The predicted octanol–water partition coefficient (Wildman–Crippen LogP) is 3.77. The Bertz CT molecular complexity index is 111. The Morgan fingerprint density at radius 2 is 1.79 bits per heavy atom.